The van der Waals surface area contributed by atoms with Gasteiger partial charge < -0.3 is 20.5 Å². The van der Waals surface area contributed by atoms with Gasteiger partial charge in [-0.05, 0) is 49.9 Å². The molecule has 1 aliphatic heterocycles. The second-order valence-corrected chi connectivity index (χ2v) is 7.55. The molecule has 2 aliphatic carbocycles. The minimum absolute atomic E-state index is 0.0665. The zero-order chi connectivity index (χ0) is 15.5. The van der Waals surface area contributed by atoms with E-state index < -0.39 is 0 Å². The van der Waals surface area contributed by atoms with E-state index in [-0.39, 0.29) is 12.0 Å². The molecule has 0 spiro atoms. The van der Waals surface area contributed by atoms with Gasteiger partial charge in [-0.15, -0.1) is 0 Å². The van der Waals surface area contributed by atoms with Crippen molar-refractivity contribution in [2.75, 3.05) is 40.0 Å². The van der Waals surface area contributed by atoms with Gasteiger partial charge in [-0.25, -0.2) is 0 Å². The van der Waals surface area contributed by atoms with Crippen molar-refractivity contribution in [3.63, 3.8) is 0 Å². The van der Waals surface area contributed by atoms with Crippen LogP contribution in [0.2, 0.25) is 0 Å². The first-order valence-electron chi connectivity index (χ1n) is 8.85. The topological polar surface area (TPSA) is 65.9 Å². The molecule has 3 N–H and O–H groups in total. The molecule has 0 radical (unpaired) electrons. The molecule has 2 saturated carbocycles. The molecular formula is C17H31N3O2. The normalized spacial score (nSPS) is 30.9. The van der Waals surface area contributed by atoms with Gasteiger partial charge in [-0.2, -0.15) is 0 Å². The first-order valence-corrected chi connectivity index (χ1v) is 8.85. The van der Waals surface area contributed by atoms with Gasteiger partial charge in [-0.1, -0.05) is 6.42 Å². The molecule has 3 fully saturated rings. The van der Waals surface area contributed by atoms with Crippen molar-refractivity contribution in [3.8, 4) is 0 Å². The summed E-state index contributed by atoms with van der Waals surface area (Å²) >= 11 is 0. The van der Waals surface area contributed by atoms with E-state index in [2.05, 4.69) is 15.6 Å². The molecule has 1 heterocycles. The smallest absolute Gasteiger partial charge is 0.191 e. The average Bonchev–Trinajstić information content (AvgIpc) is 3.22. The van der Waals surface area contributed by atoms with Crippen LogP contribution < -0.4 is 10.6 Å². The third-order valence-electron chi connectivity index (χ3n) is 6.08. The number of aliphatic hydroxyl groups excluding tert-OH is 1. The highest BCUT2D eigenvalue weighted by Crippen LogP contribution is 2.56. The van der Waals surface area contributed by atoms with Crippen molar-refractivity contribution >= 4 is 5.96 Å². The molecule has 22 heavy (non-hydrogen) atoms. The maximum atomic E-state index is 9.30. The largest absolute Gasteiger partial charge is 0.396 e. The Labute approximate surface area is 133 Å². The molecule has 0 bridgehead atoms. The summed E-state index contributed by atoms with van der Waals surface area (Å²) in [5, 5.41) is 16.3. The lowest BCUT2D eigenvalue weighted by Crippen LogP contribution is -2.49. The standard InChI is InChI=1S/C17H31N3O2/c1-18-15(19-11-16(7-9-21)8-10-22-13-16)20-12-17(5-2-6-17)14-3-4-14/h14,21H,2-13H2,1H3,(H2,18,19,20). The summed E-state index contributed by atoms with van der Waals surface area (Å²) in [7, 11) is 1.84. The first-order chi connectivity index (χ1) is 10.7. The molecule has 3 aliphatic rings. The fraction of sp³-hybridized carbons (Fsp3) is 0.941. The maximum absolute atomic E-state index is 9.30. The minimum atomic E-state index is 0.0665. The van der Waals surface area contributed by atoms with Crippen LogP contribution in [0, 0.1) is 16.7 Å². The van der Waals surface area contributed by atoms with E-state index >= 15 is 0 Å². The van der Waals surface area contributed by atoms with Gasteiger partial charge in [0.2, 0.25) is 0 Å². The van der Waals surface area contributed by atoms with Crippen LogP contribution in [0.25, 0.3) is 0 Å². The minimum Gasteiger partial charge on any atom is -0.396 e. The van der Waals surface area contributed by atoms with Crippen LogP contribution in [0.5, 0.6) is 0 Å². The Hall–Kier alpha value is -0.810. The van der Waals surface area contributed by atoms with Gasteiger partial charge in [0.1, 0.15) is 0 Å². The molecule has 0 aromatic carbocycles. The van der Waals surface area contributed by atoms with E-state index in [0.717, 1.165) is 51.0 Å². The van der Waals surface area contributed by atoms with Crippen molar-refractivity contribution < 1.29 is 9.84 Å². The highest BCUT2D eigenvalue weighted by atomic mass is 16.5. The maximum Gasteiger partial charge on any atom is 0.191 e. The van der Waals surface area contributed by atoms with Gasteiger partial charge in [0.05, 0.1) is 6.61 Å². The molecule has 0 amide bonds. The highest BCUT2D eigenvalue weighted by Gasteiger charge is 2.48. The lowest BCUT2D eigenvalue weighted by Gasteiger charge is -2.43. The van der Waals surface area contributed by atoms with Gasteiger partial charge in [0.25, 0.3) is 0 Å². The monoisotopic (exact) mass is 309 g/mol. The Morgan fingerprint density at radius 2 is 2.00 bits per heavy atom. The number of guanidine groups is 1. The number of nitrogens with zero attached hydrogens (tertiary/aromatic N) is 1. The predicted octanol–water partition coefficient (Wildman–Crippen LogP) is 1.52. The Kier molecular flexibility index (Phi) is 4.93. The molecule has 1 unspecified atom stereocenters. The van der Waals surface area contributed by atoms with Crippen LogP contribution in [0.1, 0.15) is 44.9 Å². The predicted molar refractivity (Wildman–Crippen MR) is 87.9 cm³/mol. The Morgan fingerprint density at radius 1 is 1.23 bits per heavy atom. The van der Waals surface area contributed by atoms with Gasteiger partial charge in [-0.3, -0.25) is 4.99 Å². The van der Waals surface area contributed by atoms with Gasteiger partial charge in [0, 0.05) is 38.8 Å². The van der Waals surface area contributed by atoms with E-state index in [1.54, 1.807) is 0 Å². The number of aliphatic imine (C=N–C) groups is 1. The first kappa shape index (κ1) is 16.1. The average molecular weight is 309 g/mol. The third kappa shape index (κ3) is 3.40. The van der Waals surface area contributed by atoms with Crippen LogP contribution in [-0.4, -0.2) is 51.0 Å². The van der Waals surface area contributed by atoms with Crippen LogP contribution >= 0.6 is 0 Å². The Bertz CT molecular complexity index is 397. The van der Waals surface area contributed by atoms with E-state index in [0.29, 0.717) is 5.41 Å². The van der Waals surface area contributed by atoms with E-state index in [1.165, 1.54) is 32.1 Å². The molecule has 1 atom stereocenters. The zero-order valence-electron chi connectivity index (χ0n) is 13.9. The summed E-state index contributed by atoms with van der Waals surface area (Å²) in [6.45, 7) is 3.65. The van der Waals surface area contributed by atoms with Crippen LogP contribution in [0.15, 0.2) is 4.99 Å². The summed E-state index contributed by atoms with van der Waals surface area (Å²) < 4.78 is 5.55. The Morgan fingerprint density at radius 3 is 2.50 bits per heavy atom. The van der Waals surface area contributed by atoms with Gasteiger partial charge >= 0.3 is 0 Å². The number of aliphatic hydroxyl groups is 1. The van der Waals surface area contributed by atoms with Crippen molar-refractivity contribution in [2.45, 2.75) is 44.9 Å². The summed E-state index contributed by atoms with van der Waals surface area (Å²) in [6, 6.07) is 0. The molecule has 0 aromatic rings. The molecule has 3 rings (SSSR count). The van der Waals surface area contributed by atoms with Crippen LogP contribution in [-0.2, 0) is 4.74 Å². The van der Waals surface area contributed by atoms with Crippen LogP contribution in [0.3, 0.4) is 0 Å². The number of hydrogen-bond donors (Lipinski definition) is 3. The van der Waals surface area contributed by atoms with Crippen molar-refractivity contribution in [1.29, 1.82) is 0 Å². The third-order valence-corrected chi connectivity index (χ3v) is 6.08. The zero-order valence-corrected chi connectivity index (χ0v) is 13.9. The fourth-order valence-electron chi connectivity index (χ4n) is 4.12. The van der Waals surface area contributed by atoms with E-state index in [1.807, 2.05) is 7.05 Å². The summed E-state index contributed by atoms with van der Waals surface area (Å²) in [5.74, 6) is 1.85. The van der Waals surface area contributed by atoms with Crippen molar-refractivity contribution in [3.05, 3.63) is 0 Å². The number of ether oxygens (including phenoxy) is 1. The summed E-state index contributed by atoms with van der Waals surface area (Å²) in [5.41, 5.74) is 0.619. The SMILES string of the molecule is CN=C(NCC1(CCO)CCOC1)NCC1(C2CC2)CCC1. The number of hydrogen-bond acceptors (Lipinski definition) is 3. The molecule has 0 aromatic heterocycles. The Balaban J connectivity index is 1.47. The lowest BCUT2D eigenvalue weighted by molar-refractivity contribution is 0.105. The lowest BCUT2D eigenvalue weighted by atomic mass is 9.65. The van der Waals surface area contributed by atoms with E-state index in [9.17, 15) is 5.11 Å². The van der Waals surface area contributed by atoms with E-state index in [4.69, 9.17) is 4.74 Å². The molecule has 5 heteroatoms. The molecule has 126 valence electrons. The summed E-state index contributed by atoms with van der Waals surface area (Å²) in [6.07, 6.45) is 8.80. The summed E-state index contributed by atoms with van der Waals surface area (Å²) in [4.78, 5) is 4.37. The van der Waals surface area contributed by atoms with Crippen LogP contribution in [0.4, 0.5) is 0 Å². The fourth-order valence-corrected chi connectivity index (χ4v) is 4.12. The number of rotatable bonds is 7. The van der Waals surface area contributed by atoms with Gasteiger partial charge in [0.15, 0.2) is 5.96 Å². The quantitative estimate of drug-likeness (QED) is 0.493. The molecular weight excluding hydrogens is 278 g/mol. The van der Waals surface area contributed by atoms with Crippen molar-refractivity contribution in [1.82, 2.24) is 10.6 Å². The second kappa shape index (κ2) is 6.75. The molecule has 1 saturated heterocycles. The van der Waals surface area contributed by atoms with Crippen molar-refractivity contribution in [2.24, 2.45) is 21.7 Å². The second-order valence-electron chi connectivity index (χ2n) is 7.55. The highest BCUT2D eigenvalue weighted by molar-refractivity contribution is 5.79. The molecule has 5 nitrogen and oxygen atoms in total. The number of nitrogens with one attached hydrogen (secondary N) is 2.